The Morgan fingerprint density at radius 3 is 2.50 bits per heavy atom. The highest BCUT2D eigenvalue weighted by Crippen LogP contribution is 2.26. The van der Waals surface area contributed by atoms with Gasteiger partial charge in [-0.05, 0) is 63.9 Å². The fraction of sp³-hybridized carbons (Fsp3) is 0.611. The van der Waals surface area contributed by atoms with Gasteiger partial charge in [0, 0.05) is 12.6 Å². The molecule has 0 aromatic heterocycles. The van der Waals surface area contributed by atoms with Gasteiger partial charge < -0.3 is 9.64 Å². The number of amides is 1. The van der Waals surface area contributed by atoms with Gasteiger partial charge in [0.15, 0.2) is 0 Å². The van der Waals surface area contributed by atoms with E-state index in [1.807, 2.05) is 24.1 Å². The number of aryl methyl sites for hydroxylation is 1. The smallest absolute Gasteiger partial charge is 0.236 e. The van der Waals surface area contributed by atoms with E-state index in [0.717, 1.165) is 31.7 Å². The number of nitrogens with zero attached hydrogens (tertiary/aromatic N) is 2. The summed E-state index contributed by atoms with van der Waals surface area (Å²) < 4.78 is 5.16. The topological polar surface area (TPSA) is 32.8 Å². The van der Waals surface area contributed by atoms with Gasteiger partial charge in [-0.1, -0.05) is 12.1 Å². The summed E-state index contributed by atoms with van der Waals surface area (Å²) in [5, 5.41) is 0. The van der Waals surface area contributed by atoms with E-state index >= 15 is 0 Å². The third kappa shape index (κ3) is 5.02. The highest BCUT2D eigenvalue weighted by atomic mass is 16.5. The Balaban J connectivity index is 1.68. The van der Waals surface area contributed by atoms with Crippen LogP contribution in [0.2, 0.25) is 0 Å². The summed E-state index contributed by atoms with van der Waals surface area (Å²) in [4.78, 5) is 16.4. The van der Waals surface area contributed by atoms with Crippen LogP contribution in [0.25, 0.3) is 0 Å². The van der Waals surface area contributed by atoms with E-state index in [4.69, 9.17) is 4.74 Å². The summed E-state index contributed by atoms with van der Waals surface area (Å²) in [6.45, 7) is 4.38. The maximum atomic E-state index is 12.2. The maximum absolute atomic E-state index is 12.2. The van der Waals surface area contributed by atoms with Gasteiger partial charge in [0.1, 0.15) is 5.75 Å². The van der Waals surface area contributed by atoms with Crippen LogP contribution in [0.5, 0.6) is 5.75 Å². The molecule has 0 unspecified atom stereocenters. The largest absolute Gasteiger partial charge is 0.497 e. The van der Waals surface area contributed by atoms with Crippen molar-refractivity contribution in [2.45, 2.75) is 38.6 Å². The van der Waals surface area contributed by atoms with Gasteiger partial charge in [-0.2, -0.15) is 0 Å². The molecule has 0 heterocycles. The number of carbonyl (C=O) groups excluding carboxylic acids is 1. The zero-order valence-corrected chi connectivity index (χ0v) is 14.0. The van der Waals surface area contributed by atoms with Crippen molar-refractivity contribution in [3.63, 3.8) is 0 Å². The second-order valence-electron chi connectivity index (χ2n) is 6.10. The van der Waals surface area contributed by atoms with Crippen molar-refractivity contribution in [1.29, 1.82) is 0 Å². The lowest BCUT2D eigenvalue weighted by atomic mass is 10.1. The first kappa shape index (κ1) is 16.8. The second-order valence-corrected chi connectivity index (χ2v) is 6.10. The van der Waals surface area contributed by atoms with E-state index in [1.165, 1.54) is 18.4 Å². The molecule has 0 spiro atoms. The maximum Gasteiger partial charge on any atom is 0.236 e. The Hall–Kier alpha value is -1.55. The van der Waals surface area contributed by atoms with E-state index in [1.54, 1.807) is 7.11 Å². The Labute approximate surface area is 134 Å². The Kier molecular flexibility index (Phi) is 6.25. The second kappa shape index (κ2) is 8.18. The van der Waals surface area contributed by atoms with Gasteiger partial charge >= 0.3 is 0 Å². The Bertz CT molecular complexity index is 468. The molecule has 4 heteroatoms. The predicted molar refractivity (Wildman–Crippen MR) is 89.2 cm³/mol. The lowest BCUT2D eigenvalue weighted by Crippen LogP contribution is -2.40. The van der Waals surface area contributed by atoms with Crippen molar-refractivity contribution in [3.8, 4) is 5.75 Å². The van der Waals surface area contributed by atoms with Crippen molar-refractivity contribution < 1.29 is 9.53 Å². The van der Waals surface area contributed by atoms with Crippen molar-refractivity contribution in [3.05, 3.63) is 29.8 Å². The monoisotopic (exact) mass is 304 g/mol. The van der Waals surface area contributed by atoms with E-state index in [9.17, 15) is 4.79 Å². The summed E-state index contributed by atoms with van der Waals surface area (Å²) >= 11 is 0. The summed E-state index contributed by atoms with van der Waals surface area (Å²) in [6, 6.07) is 8.73. The van der Waals surface area contributed by atoms with Crippen molar-refractivity contribution in [2.24, 2.45) is 0 Å². The number of methoxy groups -OCH3 is 1. The molecular formula is C18H28N2O2. The van der Waals surface area contributed by atoms with E-state index in [0.29, 0.717) is 12.6 Å². The quantitative estimate of drug-likeness (QED) is 0.703. The average molecular weight is 304 g/mol. The normalized spacial score (nSPS) is 14.2. The lowest BCUT2D eigenvalue weighted by Gasteiger charge is -2.24. The molecule has 0 aliphatic heterocycles. The molecule has 0 atom stereocenters. The van der Waals surface area contributed by atoms with Crippen LogP contribution in [-0.2, 0) is 11.2 Å². The number of carbonyl (C=O) groups is 1. The van der Waals surface area contributed by atoms with Crippen LogP contribution < -0.4 is 4.74 Å². The highest BCUT2D eigenvalue weighted by Gasteiger charge is 2.31. The zero-order valence-electron chi connectivity index (χ0n) is 14.0. The summed E-state index contributed by atoms with van der Waals surface area (Å²) in [6.07, 6.45) is 4.45. The molecule has 1 aromatic carbocycles. The van der Waals surface area contributed by atoms with Crippen LogP contribution in [0.3, 0.4) is 0 Å². The fourth-order valence-electron chi connectivity index (χ4n) is 2.77. The third-order valence-electron chi connectivity index (χ3n) is 4.22. The van der Waals surface area contributed by atoms with E-state index < -0.39 is 0 Å². The van der Waals surface area contributed by atoms with Crippen molar-refractivity contribution in [1.82, 2.24) is 9.80 Å². The van der Waals surface area contributed by atoms with Crippen LogP contribution in [0.15, 0.2) is 24.3 Å². The van der Waals surface area contributed by atoms with Gasteiger partial charge in [0.05, 0.1) is 13.7 Å². The van der Waals surface area contributed by atoms with Crippen LogP contribution in [0.1, 0.15) is 31.7 Å². The van der Waals surface area contributed by atoms with Gasteiger partial charge in [-0.25, -0.2) is 0 Å². The van der Waals surface area contributed by atoms with E-state index in [2.05, 4.69) is 24.0 Å². The molecule has 0 radical (unpaired) electrons. The first-order valence-electron chi connectivity index (χ1n) is 8.25. The molecule has 0 N–H and O–H groups in total. The summed E-state index contributed by atoms with van der Waals surface area (Å²) in [5.41, 5.74) is 1.31. The molecule has 122 valence electrons. The standard InChI is InChI=1S/C18H28N2O2/c1-4-20(16-9-10-16)18(21)14-19(2)13-5-6-15-7-11-17(22-3)12-8-15/h7-8,11-12,16H,4-6,9-10,13-14H2,1-3H3. The molecule has 1 fully saturated rings. The number of hydrogen-bond donors (Lipinski definition) is 0. The molecule has 1 aliphatic rings. The molecule has 22 heavy (non-hydrogen) atoms. The minimum Gasteiger partial charge on any atom is -0.497 e. The predicted octanol–water partition coefficient (Wildman–Crippen LogP) is 2.57. The third-order valence-corrected chi connectivity index (χ3v) is 4.22. The van der Waals surface area contributed by atoms with Crippen molar-refractivity contribution >= 4 is 5.91 Å². The molecule has 1 aliphatic carbocycles. The van der Waals surface area contributed by atoms with Crippen LogP contribution in [0.4, 0.5) is 0 Å². The molecule has 0 bridgehead atoms. The van der Waals surface area contributed by atoms with Gasteiger partial charge in [-0.3, -0.25) is 9.69 Å². The minimum absolute atomic E-state index is 0.275. The number of rotatable bonds is 9. The molecular weight excluding hydrogens is 276 g/mol. The first-order chi connectivity index (χ1) is 10.6. The zero-order chi connectivity index (χ0) is 15.9. The number of hydrogen-bond acceptors (Lipinski definition) is 3. The number of ether oxygens (including phenoxy) is 1. The molecule has 2 rings (SSSR count). The number of benzene rings is 1. The van der Waals surface area contributed by atoms with Crippen molar-refractivity contribution in [2.75, 3.05) is 33.8 Å². The van der Waals surface area contributed by atoms with Crippen LogP contribution >= 0.6 is 0 Å². The average Bonchev–Trinajstić information content (AvgIpc) is 3.33. The molecule has 1 aromatic rings. The minimum atomic E-state index is 0.275. The lowest BCUT2D eigenvalue weighted by molar-refractivity contribution is -0.132. The van der Waals surface area contributed by atoms with Gasteiger partial charge in [-0.15, -0.1) is 0 Å². The van der Waals surface area contributed by atoms with Gasteiger partial charge in [0.2, 0.25) is 5.91 Å². The Morgan fingerprint density at radius 1 is 1.27 bits per heavy atom. The fourth-order valence-corrected chi connectivity index (χ4v) is 2.77. The first-order valence-corrected chi connectivity index (χ1v) is 8.25. The number of likely N-dealkylation sites (N-methyl/N-ethyl adjacent to an activating group) is 2. The SMILES string of the molecule is CCN(C(=O)CN(C)CCCc1ccc(OC)cc1)C1CC1. The summed E-state index contributed by atoms with van der Waals surface area (Å²) in [5.74, 6) is 1.17. The highest BCUT2D eigenvalue weighted by molar-refractivity contribution is 5.78. The molecule has 1 saturated carbocycles. The Morgan fingerprint density at radius 2 is 1.95 bits per heavy atom. The molecule has 0 saturated heterocycles. The van der Waals surface area contributed by atoms with Gasteiger partial charge in [0.25, 0.3) is 0 Å². The van der Waals surface area contributed by atoms with Crippen LogP contribution in [-0.4, -0.2) is 55.5 Å². The van der Waals surface area contributed by atoms with E-state index in [-0.39, 0.29) is 5.91 Å². The van der Waals surface area contributed by atoms with Crippen LogP contribution in [0, 0.1) is 0 Å². The summed E-state index contributed by atoms with van der Waals surface area (Å²) in [7, 11) is 3.72. The molecule has 4 nitrogen and oxygen atoms in total. The molecule has 1 amide bonds.